The van der Waals surface area contributed by atoms with Crippen molar-refractivity contribution in [1.82, 2.24) is 5.32 Å². The van der Waals surface area contributed by atoms with Crippen LogP contribution in [0.3, 0.4) is 0 Å². The molecule has 1 atom stereocenters. The summed E-state index contributed by atoms with van der Waals surface area (Å²) in [5.41, 5.74) is 2.12. The quantitative estimate of drug-likeness (QED) is 0.799. The van der Waals surface area contributed by atoms with E-state index in [2.05, 4.69) is 5.32 Å². The molecule has 0 aliphatic heterocycles. The van der Waals surface area contributed by atoms with Gasteiger partial charge in [-0.15, -0.1) is 0 Å². The van der Waals surface area contributed by atoms with Gasteiger partial charge in [0.05, 0.1) is 0 Å². The summed E-state index contributed by atoms with van der Waals surface area (Å²) in [4.78, 5) is 22.1. The van der Waals surface area contributed by atoms with Gasteiger partial charge < -0.3 is 15.2 Å². The highest BCUT2D eigenvalue weighted by Crippen LogP contribution is 2.20. The van der Waals surface area contributed by atoms with Crippen molar-refractivity contribution in [2.45, 2.75) is 27.2 Å². The van der Waals surface area contributed by atoms with Crippen molar-refractivity contribution in [2.75, 3.05) is 13.2 Å². The van der Waals surface area contributed by atoms with Crippen LogP contribution in [0.5, 0.6) is 5.75 Å². The highest BCUT2D eigenvalue weighted by Gasteiger charge is 2.10. The number of nitrogens with one attached hydrogen (secondary N) is 1. The van der Waals surface area contributed by atoms with Gasteiger partial charge in [-0.3, -0.25) is 9.59 Å². The second-order valence-corrected chi connectivity index (χ2v) is 4.99. The molecule has 1 unspecified atom stereocenters. The summed E-state index contributed by atoms with van der Waals surface area (Å²) in [6, 6.07) is 5.68. The molecular formula is C15H21NO4. The highest BCUT2D eigenvalue weighted by molar-refractivity contribution is 5.77. The maximum absolute atomic E-state index is 11.6. The average Bonchev–Trinajstić information content (AvgIpc) is 2.37. The summed E-state index contributed by atoms with van der Waals surface area (Å²) in [5.74, 6) is -0.516. The predicted molar refractivity (Wildman–Crippen MR) is 75.8 cm³/mol. The number of carbonyl (C=O) groups excluding carboxylic acids is 1. The molecule has 0 fully saturated rings. The zero-order chi connectivity index (χ0) is 15.1. The van der Waals surface area contributed by atoms with E-state index in [9.17, 15) is 9.59 Å². The molecular weight excluding hydrogens is 258 g/mol. The third kappa shape index (κ3) is 5.30. The maximum Gasteiger partial charge on any atom is 0.303 e. The Hall–Kier alpha value is -2.04. The van der Waals surface area contributed by atoms with E-state index in [-0.39, 0.29) is 24.9 Å². The fourth-order valence-electron chi connectivity index (χ4n) is 1.73. The van der Waals surface area contributed by atoms with E-state index in [4.69, 9.17) is 9.84 Å². The van der Waals surface area contributed by atoms with E-state index in [0.29, 0.717) is 12.3 Å². The average molecular weight is 279 g/mol. The van der Waals surface area contributed by atoms with Crippen LogP contribution in [0, 0.1) is 19.8 Å². The number of hydrogen-bond acceptors (Lipinski definition) is 3. The third-order valence-corrected chi connectivity index (χ3v) is 3.08. The first kappa shape index (κ1) is 16.0. The first-order valence-corrected chi connectivity index (χ1v) is 6.57. The van der Waals surface area contributed by atoms with Gasteiger partial charge in [0.2, 0.25) is 0 Å². The van der Waals surface area contributed by atoms with Crippen LogP contribution in [0.25, 0.3) is 0 Å². The lowest BCUT2D eigenvalue weighted by atomic mass is 10.1. The maximum atomic E-state index is 11.6. The standard InChI is InChI=1S/C15H21NO4/c1-10(7-15(18)19)8-16-14(17)9-20-13-6-4-5-11(2)12(13)3/h4-6,10H,7-9H2,1-3H3,(H,16,17)(H,18,19). The number of carboxylic acids is 1. The van der Waals surface area contributed by atoms with Crippen LogP contribution in [-0.4, -0.2) is 30.1 Å². The molecule has 2 N–H and O–H groups in total. The summed E-state index contributed by atoms with van der Waals surface area (Å²) in [5, 5.41) is 11.3. The van der Waals surface area contributed by atoms with E-state index in [1.54, 1.807) is 6.92 Å². The minimum absolute atomic E-state index is 0.0398. The van der Waals surface area contributed by atoms with E-state index >= 15 is 0 Å². The minimum Gasteiger partial charge on any atom is -0.483 e. The van der Waals surface area contributed by atoms with Gasteiger partial charge in [-0.2, -0.15) is 0 Å². The minimum atomic E-state index is -0.863. The van der Waals surface area contributed by atoms with Crippen molar-refractivity contribution in [3.05, 3.63) is 29.3 Å². The van der Waals surface area contributed by atoms with Crippen molar-refractivity contribution >= 4 is 11.9 Å². The molecule has 0 aromatic heterocycles. The highest BCUT2D eigenvalue weighted by atomic mass is 16.5. The number of hydrogen-bond donors (Lipinski definition) is 2. The Morgan fingerprint density at radius 2 is 2.05 bits per heavy atom. The molecule has 0 saturated heterocycles. The molecule has 1 rings (SSSR count). The number of carboxylic acid groups (broad SMARTS) is 1. The largest absolute Gasteiger partial charge is 0.483 e. The normalized spacial score (nSPS) is 11.8. The Labute approximate surface area is 118 Å². The Morgan fingerprint density at radius 1 is 1.35 bits per heavy atom. The molecule has 0 radical (unpaired) electrons. The van der Waals surface area contributed by atoms with Gasteiger partial charge in [-0.25, -0.2) is 0 Å². The summed E-state index contributed by atoms with van der Waals surface area (Å²) in [7, 11) is 0. The lowest BCUT2D eigenvalue weighted by molar-refractivity contribution is -0.138. The van der Waals surface area contributed by atoms with Gasteiger partial charge in [0.15, 0.2) is 6.61 Å². The fraction of sp³-hybridized carbons (Fsp3) is 0.467. The molecule has 5 heteroatoms. The SMILES string of the molecule is Cc1cccc(OCC(=O)NCC(C)CC(=O)O)c1C. The zero-order valence-electron chi connectivity index (χ0n) is 12.1. The summed E-state index contributed by atoms with van der Waals surface area (Å²) in [6.45, 7) is 5.97. The topological polar surface area (TPSA) is 75.6 Å². The van der Waals surface area contributed by atoms with Crippen LogP contribution in [-0.2, 0) is 9.59 Å². The molecule has 0 aliphatic rings. The number of aryl methyl sites for hydroxylation is 1. The van der Waals surface area contributed by atoms with Crippen LogP contribution in [0.4, 0.5) is 0 Å². The molecule has 0 bridgehead atoms. The van der Waals surface area contributed by atoms with Gasteiger partial charge in [0.25, 0.3) is 5.91 Å². The van der Waals surface area contributed by atoms with Crippen molar-refractivity contribution < 1.29 is 19.4 Å². The number of benzene rings is 1. The molecule has 0 saturated carbocycles. The zero-order valence-corrected chi connectivity index (χ0v) is 12.1. The number of amides is 1. The molecule has 1 aromatic rings. The molecule has 0 aliphatic carbocycles. The fourth-order valence-corrected chi connectivity index (χ4v) is 1.73. The van der Waals surface area contributed by atoms with Crippen LogP contribution in [0.15, 0.2) is 18.2 Å². The van der Waals surface area contributed by atoms with Crippen LogP contribution >= 0.6 is 0 Å². The second-order valence-electron chi connectivity index (χ2n) is 4.99. The molecule has 0 heterocycles. The Morgan fingerprint density at radius 3 is 2.70 bits per heavy atom. The molecule has 1 aromatic carbocycles. The van der Waals surface area contributed by atoms with Gasteiger partial charge in [-0.05, 0) is 37.0 Å². The van der Waals surface area contributed by atoms with Crippen molar-refractivity contribution in [3.8, 4) is 5.75 Å². The summed E-state index contributed by atoms with van der Waals surface area (Å²) >= 11 is 0. The smallest absolute Gasteiger partial charge is 0.303 e. The first-order chi connectivity index (χ1) is 9.40. The molecule has 1 amide bonds. The van der Waals surface area contributed by atoms with E-state index in [1.807, 2.05) is 32.0 Å². The van der Waals surface area contributed by atoms with Crippen molar-refractivity contribution in [1.29, 1.82) is 0 Å². The lowest BCUT2D eigenvalue weighted by Crippen LogP contribution is -2.33. The summed E-state index contributed by atoms with van der Waals surface area (Å²) < 4.78 is 5.46. The second kappa shape index (κ2) is 7.53. The third-order valence-electron chi connectivity index (χ3n) is 3.08. The number of ether oxygens (including phenoxy) is 1. The lowest BCUT2D eigenvalue weighted by Gasteiger charge is -2.12. The molecule has 20 heavy (non-hydrogen) atoms. The summed E-state index contributed by atoms with van der Waals surface area (Å²) in [6.07, 6.45) is 0.0398. The van der Waals surface area contributed by atoms with Gasteiger partial charge in [-0.1, -0.05) is 19.1 Å². The number of rotatable bonds is 7. The monoisotopic (exact) mass is 279 g/mol. The van der Waals surface area contributed by atoms with Crippen molar-refractivity contribution in [3.63, 3.8) is 0 Å². The number of aliphatic carboxylic acids is 1. The van der Waals surface area contributed by atoms with E-state index in [1.165, 1.54) is 0 Å². The van der Waals surface area contributed by atoms with Gasteiger partial charge >= 0.3 is 5.97 Å². The van der Waals surface area contributed by atoms with Crippen LogP contribution in [0.2, 0.25) is 0 Å². The molecule has 5 nitrogen and oxygen atoms in total. The van der Waals surface area contributed by atoms with E-state index in [0.717, 1.165) is 11.1 Å². The predicted octanol–water partition coefficient (Wildman–Crippen LogP) is 1.91. The van der Waals surface area contributed by atoms with Crippen molar-refractivity contribution in [2.24, 2.45) is 5.92 Å². The van der Waals surface area contributed by atoms with E-state index < -0.39 is 5.97 Å². The van der Waals surface area contributed by atoms with Crippen LogP contribution in [0.1, 0.15) is 24.5 Å². The Balaban J connectivity index is 2.36. The van der Waals surface area contributed by atoms with Gasteiger partial charge in [0, 0.05) is 13.0 Å². The Bertz CT molecular complexity index is 485. The molecule has 110 valence electrons. The van der Waals surface area contributed by atoms with Gasteiger partial charge in [0.1, 0.15) is 5.75 Å². The number of carbonyl (C=O) groups is 2. The molecule has 0 spiro atoms. The first-order valence-electron chi connectivity index (χ1n) is 6.57. The van der Waals surface area contributed by atoms with Crippen LogP contribution < -0.4 is 10.1 Å². The Kier molecular flexibility index (Phi) is 6.03.